The highest BCUT2D eigenvalue weighted by atomic mass is 16.5. The zero-order valence-corrected chi connectivity index (χ0v) is 9.05. The summed E-state index contributed by atoms with van der Waals surface area (Å²) in [5.74, 6) is 0.733. The summed E-state index contributed by atoms with van der Waals surface area (Å²) in [5.41, 5.74) is 0.777. The molecule has 0 unspecified atom stereocenters. The van der Waals surface area contributed by atoms with Gasteiger partial charge in [0.05, 0.1) is 6.21 Å². The highest BCUT2D eigenvalue weighted by Gasteiger charge is 2.00. The van der Waals surface area contributed by atoms with Crippen LogP contribution >= 0.6 is 0 Å². The molecule has 0 radical (unpaired) electrons. The molecule has 4 heteroatoms. The summed E-state index contributed by atoms with van der Waals surface area (Å²) in [6.45, 7) is 1.47. The number of benzene rings is 1. The first-order chi connectivity index (χ1) is 7.24. The van der Waals surface area contributed by atoms with Crippen molar-refractivity contribution < 1.29 is 9.94 Å². The molecule has 82 valence electrons. The first-order valence-electron chi connectivity index (χ1n) is 4.78. The second kappa shape index (κ2) is 6.03. The summed E-state index contributed by atoms with van der Waals surface area (Å²) < 4.78 is 5.56. The van der Waals surface area contributed by atoms with Crippen molar-refractivity contribution in [3.63, 3.8) is 0 Å². The Morgan fingerprint density at radius 1 is 1.40 bits per heavy atom. The Morgan fingerprint density at radius 2 is 2.13 bits per heavy atom. The Kier molecular flexibility index (Phi) is 4.63. The summed E-state index contributed by atoms with van der Waals surface area (Å²) in [6, 6.07) is 7.45. The third-order valence-electron chi connectivity index (χ3n) is 1.91. The van der Waals surface area contributed by atoms with Crippen molar-refractivity contribution in [1.82, 2.24) is 4.90 Å². The molecule has 0 aromatic heterocycles. The molecule has 0 aliphatic heterocycles. The molecule has 1 aromatic rings. The van der Waals surface area contributed by atoms with E-state index in [-0.39, 0.29) is 0 Å². The van der Waals surface area contributed by atoms with Gasteiger partial charge in [-0.25, -0.2) is 0 Å². The summed E-state index contributed by atoms with van der Waals surface area (Å²) in [6.07, 6.45) is 1.37. The molecule has 0 aliphatic rings. The monoisotopic (exact) mass is 208 g/mol. The first-order valence-corrected chi connectivity index (χ1v) is 4.78. The van der Waals surface area contributed by atoms with Gasteiger partial charge in [0, 0.05) is 12.1 Å². The van der Waals surface area contributed by atoms with E-state index in [1.165, 1.54) is 6.21 Å². The van der Waals surface area contributed by atoms with E-state index in [4.69, 9.17) is 9.94 Å². The van der Waals surface area contributed by atoms with Gasteiger partial charge in [0.25, 0.3) is 0 Å². The van der Waals surface area contributed by atoms with Gasteiger partial charge in [-0.05, 0) is 26.2 Å². The van der Waals surface area contributed by atoms with Crippen LogP contribution in [0.2, 0.25) is 0 Å². The SMILES string of the molecule is CN(C)CCOc1ccccc1/C=N/O. The van der Waals surface area contributed by atoms with Gasteiger partial charge in [-0.1, -0.05) is 17.3 Å². The van der Waals surface area contributed by atoms with Crippen molar-refractivity contribution in [2.75, 3.05) is 27.2 Å². The van der Waals surface area contributed by atoms with E-state index in [0.29, 0.717) is 6.61 Å². The van der Waals surface area contributed by atoms with E-state index in [9.17, 15) is 0 Å². The lowest BCUT2D eigenvalue weighted by molar-refractivity contribution is 0.261. The van der Waals surface area contributed by atoms with Gasteiger partial charge in [0.1, 0.15) is 12.4 Å². The van der Waals surface area contributed by atoms with Gasteiger partial charge < -0.3 is 14.8 Å². The van der Waals surface area contributed by atoms with Crippen molar-refractivity contribution in [2.24, 2.45) is 5.16 Å². The van der Waals surface area contributed by atoms with Crippen LogP contribution in [0.25, 0.3) is 0 Å². The standard InChI is InChI=1S/C11H16N2O2/c1-13(2)7-8-15-11-6-4-3-5-10(11)9-12-14/h3-6,9,14H,7-8H2,1-2H3/b12-9+. The minimum atomic E-state index is 0.614. The van der Waals surface area contributed by atoms with Crippen LogP contribution in [0.15, 0.2) is 29.4 Å². The molecule has 1 aromatic carbocycles. The predicted molar refractivity (Wildman–Crippen MR) is 59.9 cm³/mol. The maximum Gasteiger partial charge on any atom is 0.128 e. The number of nitrogens with zero attached hydrogens (tertiary/aromatic N) is 2. The van der Waals surface area contributed by atoms with Crippen LogP contribution < -0.4 is 4.74 Å². The summed E-state index contributed by atoms with van der Waals surface area (Å²) in [7, 11) is 3.98. The van der Waals surface area contributed by atoms with Crippen molar-refractivity contribution in [2.45, 2.75) is 0 Å². The van der Waals surface area contributed by atoms with E-state index < -0.39 is 0 Å². The first kappa shape index (κ1) is 11.5. The third kappa shape index (κ3) is 3.99. The topological polar surface area (TPSA) is 45.1 Å². The molecule has 4 nitrogen and oxygen atoms in total. The molecule has 0 bridgehead atoms. The molecule has 0 fully saturated rings. The van der Waals surface area contributed by atoms with Crippen LogP contribution in [0.1, 0.15) is 5.56 Å². The van der Waals surface area contributed by atoms with Gasteiger partial charge in [0.15, 0.2) is 0 Å². The second-order valence-electron chi connectivity index (χ2n) is 3.43. The van der Waals surface area contributed by atoms with Crippen molar-refractivity contribution in [3.05, 3.63) is 29.8 Å². The molecule has 1 N–H and O–H groups in total. The van der Waals surface area contributed by atoms with Crippen LogP contribution in [0.5, 0.6) is 5.75 Å². The highest BCUT2D eigenvalue weighted by molar-refractivity contribution is 5.82. The minimum Gasteiger partial charge on any atom is -0.492 e. The van der Waals surface area contributed by atoms with Crippen molar-refractivity contribution in [1.29, 1.82) is 0 Å². The van der Waals surface area contributed by atoms with Crippen LogP contribution in [-0.4, -0.2) is 43.6 Å². The Labute approximate surface area is 89.8 Å². The van der Waals surface area contributed by atoms with E-state index in [0.717, 1.165) is 17.9 Å². The average Bonchev–Trinajstić information content (AvgIpc) is 2.20. The summed E-state index contributed by atoms with van der Waals surface area (Å²) >= 11 is 0. The Hall–Kier alpha value is -1.55. The van der Waals surface area contributed by atoms with Crippen molar-refractivity contribution in [3.8, 4) is 5.75 Å². The molecular weight excluding hydrogens is 192 g/mol. The highest BCUT2D eigenvalue weighted by Crippen LogP contribution is 2.15. The fraction of sp³-hybridized carbons (Fsp3) is 0.364. The van der Waals surface area contributed by atoms with Crippen LogP contribution in [0, 0.1) is 0 Å². The number of likely N-dealkylation sites (N-methyl/N-ethyl adjacent to an activating group) is 1. The second-order valence-corrected chi connectivity index (χ2v) is 3.43. The Bertz CT molecular complexity index is 324. The fourth-order valence-corrected chi connectivity index (χ4v) is 1.12. The number of hydrogen-bond acceptors (Lipinski definition) is 4. The van der Waals surface area contributed by atoms with Gasteiger partial charge in [0.2, 0.25) is 0 Å². The van der Waals surface area contributed by atoms with E-state index >= 15 is 0 Å². The molecular formula is C11H16N2O2. The lowest BCUT2D eigenvalue weighted by atomic mass is 10.2. The van der Waals surface area contributed by atoms with E-state index in [1.54, 1.807) is 0 Å². The zero-order chi connectivity index (χ0) is 11.1. The molecule has 0 spiro atoms. The Morgan fingerprint density at radius 3 is 2.80 bits per heavy atom. The predicted octanol–water partition coefficient (Wildman–Crippen LogP) is 1.44. The van der Waals surface area contributed by atoms with Gasteiger partial charge in [-0.3, -0.25) is 0 Å². The fourth-order valence-electron chi connectivity index (χ4n) is 1.12. The summed E-state index contributed by atoms with van der Waals surface area (Å²) in [4.78, 5) is 2.04. The Balaban J connectivity index is 2.59. The quantitative estimate of drug-likeness (QED) is 0.452. The smallest absolute Gasteiger partial charge is 0.128 e. The maximum atomic E-state index is 8.46. The maximum absolute atomic E-state index is 8.46. The van der Waals surface area contributed by atoms with Gasteiger partial charge >= 0.3 is 0 Å². The zero-order valence-electron chi connectivity index (χ0n) is 9.05. The number of rotatable bonds is 5. The molecule has 0 heterocycles. The normalized spacial score (nSPS) is 11.1. The number of para-hydroxylation sites is 1. The largest absolute Gasteiger partial charge is 0.492 e. The summed E-state index contributed by atoms with van der Waals surface area (Å²) in [5, 5.41) is 11.5. The van der Waals surface area contributed by atoms with Crippen LogP contribution in [0.3, 0.4) is 0 Å². The molecule has 0 amide bonds. The number of oxime groups is 1. The van der Waals surface area contributed by atoms with E-state index in [2.05, 4.69) is 5.16 Å². The van der Waals surface area contributed by atoms with E-state index in [1.807, 2.05) is 43.3 Å². The molecule has 0 saturated carbocycles. The average molecular weight is 208 g/mol. The minimum absolute atomic E-state index is 0.614. The van der Waals surface area contributed by atoms with Crippen LogP contribution in [0.4, 0.5) is 0 Å². The number of ether oxygens (including phenoxy) is 1. The van der Waals surface area contributed by atoms with Gasteiger partial charge in [-0.2, -0.15) is 0 Å². The van der Waals surface area contributed by atoms with Crippen molar-refractivity contribution >= 4 is 6.21 Å². The molecule has 0 atom stereocenters. The van der Waals surface area contributed by atoms with Crippen LogP contribution in [-0.2, 0) is 0 Å². The molecule has 0 aliphatic carbocycles. The third-order valence-corrected chi connectivity index (χ3v) is 1.91. The van der Waals surface area contributed by atoms with Gasteiger partial charge in [-0.15, -0.1) is 0 Å². The lowest BCUT2D eigenvalue weighted by Gasteiger charge is -2.12. The lowest BCUT2D eigenvalue weighted by Crippen LogP contribution is -2.19. The molecule has 0 saturated heterocycles. The molecule has 1 rings (SSSR count). The molecule has 15 heavy (non-hydrogen) atoms. The number of hydrogen-bond donors (Lipinski definition) is 1.